The number of rotatable bonds is 1. The van der Waals surface area contributed by atoms with Crippen LogP contribution in [0.3, 0.4) is 0 Å². The van der Waals surface area contributed by atoms with Crippen LogP contribution in [-0.2, 0) is 10.2 Å². The van der Waals surface area contributed by atoms with Crippen molar-refractivity contribution in [3.63, 3.8) is 0 Å². The molecule has 1 saturated carbocycles. The van der Waals surface area contributed by atoms with Crippen LogP contribution in [0, 0.1) is 0 Å². The molecule has 0 aliphatic heterocycles. The molecule has 1 fully saturated rings. The van der Waals surface area contributed by atoms with Crippen molar-refractivity contribution >= 4 is 29.0 Å². The second kappa shape index (κ2) is 3.80. The van der Waals surface area contributed by atoms with Crippen LogP contribution in [0.4, 0.5) is 0 Å². The van der Waals surface area contributed by atoms with Crippen molar-refractivity contribution in [2.24, 2.45) is 0 Å². The van der Waals surface area contributed by atoms with Crippen molar-refractivity contribution in [1.82, 2.24) is 0 Å². The number of halogens is 2. The Balaban J connectivity index is 2.37. The molecule has 80 valence electrons. The summed E-state index contributed by atoms with van der Waals surface area (Å²) < 4.78 is 0. The van der Waals surface area contributed by atoms with Gasteiger partial charge in [-0.25, -0.2) is 0 Å². The van der Waals surface area contributed by atoms with Gasteiger partial charge in [0.15, 0.2) is 0 Å². The van der Waals surface area contributed by atoms with E-state index in [0.29, 0.717) is 28.7 Å². The zero-order valence-electron chi connectivity index (χ0n) is 8.52. The molecule has 1 aromatic carbocycles. The van der Waals surface area contributed by atoms with Crippen LogP contribution < -0.4 is 0 Å². The predicted octanol–water partition coefficient (Wildman–Crippen LogP) is 4.00. The molecule has 1 unspecified atom stereocenters. The van der Waals surface area contributed by atoms with Gasteiger partial charge in [0.2, 0.25) is 0 Å². The normalized spacial score (nSPS) is 25.9. The molecule has 1 atom stereocenters. The summed E-state index contributed by atoms with van der Waals surface area (Å²) in [7, 11) is 0. The summed E-state index contributed by atoms with van der Waals surface area (Å²) in [4.78, 5) is 11.3. The quantitative estimate of drug-likeness (QED) is 0.728. The van der Waals surface area contributed by atoms with Crippen LogP contribution in [0.1, 0.15) is 31.7 Å². The minimum atomic E-state index is -0.0503. The van der Waals surface area contributed by atoms with Crippen LogP contribution in [0.25, 0.3) is 0 Å². The standard InChI is InChI=1S/C12H12Cl2O/c1-12(5-4-9(15)7-12)8-2-3-10(13)11(14)6-8/h2-3,6H,4-5,7H2,1H3. The first kappa shape index (κ1) is 11.0. The van der Waals surface area contributed by atoms with Crippen LogP contribution >= 0.6 is 23.2 Å². The van der Waals surface area contributed by atoms with E-state index in [1.165, 1.54) is 0 Å². The molecule has 0 saturated heterocycles. The first-order valence-corrected chi connectivity index (χ1v) is 5.74. The van der Waals surface area contributed by atoms with E-state index in [4.69, 9.17) is 23.2 Å². The van der Waals surface area contributed by atoms with Crippen molar-refractivity contribution in [3.8, 4) is 0 Å². The zero-order chi connectivity index (χ0) is 11.1. The first-order chi connectivity index (χ1) is 7.01. The molecule has 0 heterocycles. The predicted molar refractivity (Wildman–Crippen MR) is 62.7 cm³/mol. The van der Waals surface area contributed by atoms with E-state index in [9.17, 15) is 4.79 Å². The Morgan fingerprint density at radius 3 is 2.53 bits per heavy atom. The Hall–Kier alpha value is -0.530. The van der Waals surface area contributed by atoms with E-state index in [-0.39, 0.29) is 5.41 Å². The highest BCUT2D eigenvalue weighted by atomic mass is 35.5. The third kappa shape index (κ3) is 2.04. The highest BCUT2D eigenvalue weighted by molar-refractivity contribution is 6.42. The molecule has 15 heavy (non-hydrogen) atoms. The van der Waals surface area contributed by atoms with Crippen molar-refractivity contribution < 1.29 is 4.79 Å². The average Bonchev–Trinajstić information content (AvgIpc) is 2.52. The second-order valence-corrected chi connectivity index (χ2v) is 5.22. The van der Waals surface area contributed by atoms with Gasteiger partial charge in [-0.05, 0) is 29.5 Å². The molecular formula is C12H12Cl2O. The van der Waals surface area contributed by atoms with Crippen LogP contribution in [0.15, 0.2) is 18.2 Å². The Morgan fingerprint density at radius 1 is 1.27 bits per heavy atom. The zero-order valence-corrected chi connectivity index (χ0v) is 10.0. The molecule has 0 N–H and O–H groups in total. The monoisotopic (exact) mass is 242 g/mol. The van der Waals surface area contributed by atoms with E-state index in [1.807, 2.05) is 12.1 Å². The summed E-state index contributed by atoms with van der Waals surface area (Å²) in [5.41, 5.74) is 1.06. The Labute approximate surface area is 99.4 Å². The lowest BCUT2D eigenvalue weighted by Crippen LogP contribution is -2.17. The minimum absolute atomic E-state index is 0.0503. The van der Waals surface area contributed by atoms with Gasteiger partial charge in [0.05, 0.1) is 10.0 Å². The molecule has 1 aliphatic rings. The average molecular weight is 243 g/mol. The number of ketones is 1. The number of Topliss-reactive ketones (excluding diaryl/α,β-unsaturated/α-hetero) is 1. The summed E-state index contributed by atoms with van der Waals surface area (Å²) in [6.45, 7) is 2.11. The summed E-state index contributed by atoms with van der Waals surface area (Å²) >= 11 is 11.8. The lowest BCUT2D eigenvalue weighted by molar-refractivity contribution is -0.117. The fourth-order valence-electron chi connectivity index (χ4n) is 2.15. The largest absolute Gasteiger partial charge is 0.300 e. The molecule has 1 aliphatic carbocycles. The number of benzene rings is 1. The maximum absolute atomic E-state index is 11.3. The Bertz CT molecular complexity index is 414. The van der Waals surface area contributed by atoms with Gasteiger partial charge >= 0.3 is 0 Å². The number of carbonyl (C=O) groups excluding carboxylic acids is 1. The first-order valence-electron chi connectivity index (χ1n) is 4.98. The maximum atomic E-state index is 11.3. The van der Waals surface area contributed by atoms with E-state index < -0.39 is 0 Å². The second-order valence-electron chi connectivity index (χ2n) is 4.40. The minimum Gasteiger partial charge on any atom is -0.300 e. The summed E-state index contributed by atoms with van der Waals surface area (Å²) in [6.07, 6.45) is 2.20. The third-order valence-corrected chi connectivity index (χ3v) is 3.90. The van der Waals surface area contributed by atoms with Gasteiger partial charge in [-0.1, -0.05) is 36.2 Å². The molecule has 0 radical (unpaired) electrons. The summed E-state index contributed by atoms with van der Waals surface area (Å²) in [6, 6.07) is 5.64. The van der Waals surface area contributed by atoms with E-state index in [0.717, 1.165) is 12.0 Å². The van der Waals surface area contributed by atoms with Crippen molar-refractivity contribution in [1.29, 1.82) is 0 Å². The topological polar surface area (TPSA) is 17.1 Å². The molecule has 0 spiro atoms. The van der Waals surface area contributed by atoms with E-state index in [2.05, 4.69) is 6.92 Å². The molecule has 0 bridgehead atoms. The van der Waals surface area contributed by atoms with Gasteiger partial charge in [0.1, 0.15) is 5.78 Å². The van der Waals surface area contributed by atoms with Crippen LogP contribution in [0.2, 0.25) is 10.0 Å². The van der Waals surface area contributed by atoms with E-state index >= 15 is 0 Å². The van der Waals surface area contributed by atoms with Gasteiger partial charge in [-0.2, -0.15) is 0 Å². The molecule has 1 aromatic rings. The molecule has 0 aromatic heterocycles. The van der Waals surface area contributed by atoms with Gasteiger partial charge in [-0.15, -0.1) is 0 Å². The van der Waals surface area contributed by atoms with E-state index in [1.54, 1.807) is 6.07 Å². The lowest BCUT2D eigenvalue weighted by Gasteiger charge is -2.23. The fraction of sp³-hybridized carbons (Fsp3) is 0.417. The van der Waals surface area contributed by atoms with Crippen LogP contribution in [0.5, 0.6) is 0 Å². The number of hydrogen-bond acceptors (Lipinski definition) is 1. The Morgan fingerprint density at radius 2 is 2.00 bits per heavy atom. The van der Waals surface area contributed by atoms with Crippen molar-refractivity contribution in [2.75, 3.05) is 0 Å². The van der Waals surface area contributed by atoms with Gasteiger partial charge in [0, 0.05) is 12.8 Å². The lowest BCUT2D eigenvalue weighted by atomic mass is 9.81. The molecule has 0 amide bonds. The third-order valence-electron chi connectivity index (χ3n) is 3.16. The highest BCUT2D eigenvalue weighted by Gasteiger charge is 2.35. The van der Waals surface area contributed by atoms with Gasteiger partial charge < -0.3 is 0 Å². The highest BCUT2D eigenvalue weighted by Crippen LogP contribution is 2.40. The van der Waals surface area contributed by atoms with Gasteiger partial charge in [0.25, 0.3) is 0 Å². The SMILES string of the molecule is CC1(c2ccc(Cl)c(Cl)c2)CCC(=O)C1. The smallest absolute Gasteiger partial charge is 0.133 e. The number of carbonyl (C=O) groups is 1. The summed E-state index contributed by atoms with van der Waals surface area (Å²) in [5, 5.41) is 1.13. The fourth-order valence-corrected chi connectivity index (χ4v) is 2.44. The Kier molecular flexibility index (Phi) is 2.78. The van der Waals surface area contributed by atoms with Crippen LogP contribution in [-0.4, -0.2) is 5.78 Å². The molecule has 2 rings (SSSR count). The number of hydrogen-bond donors (Lipinski definition) is 0. The molecular weight excluding hydrogens is 231 g/mol. The molecule has 3 heteroatoms. The van der Waals surface area contributed by atoms with Gasteiger partial charge in [-0.3, -0.25) is 4.79 Å². The van der Waals surface area contributed by atoms with Crippen molar-refractivity contribution in [3.05, 3.63) is 33.8 Å². The maximum Gasteiger partial charge on any atom is 0.133 e. The summed E-state index contributed by atoms with van der Waals surface area (Å²) in [5.74, 6) is 0.337. The molecule has 1 nitrogen and oxygen atoms in total. The van der Waals surface area contributed by atoms with Crippen molar-refractivity contribution in [2.45, 2.75) is 31.6 Å².